The van der Waals surface area contributed by atoms with E-state index in [2.05, 4.69) is 15.5 Å². The summed E-state index contributed by atoms with van der Waals surface area (Å²) in [6.45, 7) is 3.27. The Morgan fingerprint density at radius 3 is 3.12 bits per heavy atom. The highest BCUT2D eigenvalue weighted by atomic mass is 16.5. The lowest BCUT2D eigenvalue weighted by molar-refractivity contribution is -0.142. The average Bonchev–Trinajstić information content (AvgIpc) is 3.06. The van der Waals surface area contributed by atoms with Crippen LogP contribution in [0.1, 0.15) is 43.8 Å². The second kappa shape index (κ2) is 5.77. The molecule has 1 aromatic rings. The third kappa shape index (κ3) is 3.81. The lowest BCUT2D eigenvalue weighted by atomic mass is 10.4. The first-order valence-electron chi connectivity index (χ1n) is 5.98. The standard InChI is InChI=1S/C11H17N3O3/c1-2-16-10(15)5-6-12-7-9-13-11(14-17-9)8-3-4-8/h8,12H,2-7H2,1H3. The van der Waals surface area contributed by atoms with E-state index < -0.39 is 0 Å². The van der Waals surface area contributed by atoms with Crippen molar-refractivity contribution in [1.29, 1.82) is 0 Å². The van der Waals surface area contributed by atoms with E-state index in [1.807, 2.05) is 0 Å². The Kier molecular flexibility index (Phi) is 4.08. The maximum atomic E-state index is 11.0. The van der Waals surface area contributed by atoms with Gasteiger partial charge in [-0.2, -0.15) is 4.98 Å². The molecule has 0 unspecified atom stereocenters. The number of ether oxygens (including phenoxy) is 1. The molecule has 0 atom stereocenters. The van der Waals surface area contributed by atoms with E-state index in [0.29, 0.717) is 37.9 Å². The fourth-order valence-electron chi connectivity index (χ4n) is 1.47. The minimum atomic E-state index is -0.191. The van der Waals surface area contributed by atoms with Gasteiger partial charge in [0, 0.05) is 12.5 Å². The number of hydrogen-bond donors (Lipinski definition) is 1. The second-order valence-corrected chi connectivity index (χ2v) is 4.05. The maximum Gasteiger partial charge on any atom is 0.307 e. The number of rotatable bonds is 7. The zero-order chi connectivity index (χ0) is 12.1. The molecule has 0 aromatic carbocycles. The maximum absolute atomic E-state index is 11.0. The lowest BCUT2D eigenvalue weighted by Gasteiger charge is -2.01. The molecule has 1 aromatic heterocycles. The first kappa shape index (κ1) is 12.0. The van der Waals surface area contributed by atoms with Gasteiger partial charge in [0.05, 0.1) is 19.6 Å². The van der Waals surface area contributed by atoms with Crippen LogP contribution in [0.15, 0.2) is 4.52 Å². The van der Waals surface area contributed by atoms with Gasteiger partial charge < -0.3 is 14.6 Å². The van der Waals surface area contributed by atoms with Crippen molar-refractivity contribution in [3.63, 3.8) is 0 Å². The van der Waals surface area contributed by atoms with Gasteiger partial charge in [-0.15, -0.1) is 0 Å². The molecule has 94 valence electrons. The van der Waals surface area contributed by atoms with E-state index >= 15 is 0 Å². The van der Waals surface area contributed by atoms with E-state index in [1.54, 1.807) is 6.92 Å². The Balaban J connectivity index is 1.62. The van der Waals surface area contributed by atoms with Crippen molar-refractivity contribution in [2.24, 2.45) is 0 Å². The topological polar surface area (TPSA) is 77.2 Å². The Hall–Kier alpha value is -1.43. The minimum Gasteiger partial charge on any atom is -0.466 e. The summed E-state index contributed by atoms with van der Waals surface area (Å²) < 4.78 is 9.89. The van der Waals surface area contributed by atoms with Crippen LogP contribution in [0.3, 0.4) is 0 Å². The number of nitrogens with one attached hydrogen (secondary N) is 1. The summed E-state index contributed by atoms with van der Waals surface area (Å²) in [6.07, 6.45) is 2.68. The van der Waals surface area contributed by atoms with Crippen LogP contribution in [0.25, 0.3) is 0 Å². The molecule has 1 aliphatic carbocycles. The van der Waals surface area contributed by atoms with Gasteiger partial charge in [0.15, 0.2) is 5.82 Å². The quantitative estimate of drug-likeness (QED) is 0.564. The molecule has 6 nitrogen and oxygen atoms in total. The summed E-state index contributed by atoms with van der Waals surface area (Å²) in [6, 6.07) is 0. The normalized spacial score (nSPS) is 14.9. The van der Waals surface area contributed by atoms with Gasteiger partial charge in [-0.05, 0) is 19.8 Å². The van der Waals surface area contributed by atoms with Gasteiger partial charge in [0.2, 0.25) is 5.89 Å². The van der Waals surface area contributed by atoms with Crippen molar-refractivity contribution >= 4 is 5.97 Å². The Labute approximate surface area is 99.7 Å². The van der Waals surface area contributed by atoms with E-state index in [0.717, 1.165) is 18.7 Å². The lowest BCUT2D eigenvalue weighted by Crippen LogP contribution is -2.19. The fraction of sp³-hybridized carbons (Fsp3) is 0.727. The molecule has 0 radical (unpaired) electrons. The van der Waals surface area contributed by atoms with E-state index in [9.17, 15) is 4.79 Å². The summed E-state index contributed by atoms with van der Waals surface area (Å²) in [5, 5.41) is 6.97. The van der Waals surface area contributed by atoms with E-state index in [4.69, 9.17) is 9.26 Å². The molecule has 0 spiro atoms. The molecule has 0 saturated heterocycles. The van der Waals surface area contributed by atoms with Crippen LogP contribution < -0.4 is 5.32 Å². The molecule has 17 heavy (non-hydrogen) atoms. The zero-order valence-corrected chi connectivity index (χ0v) is 9.94. The van der Waals surface area contributed by atoms with Gasteiger partial charge in [-0.25, -0.2) is 0 Å². The van der Waals surface area contributed by atoms with Gasteiger partial charge in [-0.3, -0.25) is 4.79 Å². The first-order chi connectivity index (χ1) is 8.29. The Morgan fingerprint density at radius 2 is 2.41 bits per heavy atom. The molecule has 1 saturated carbocycles. The molecule has 1 fully saturated rings. The summed E-state index contributed by atoms with van der Waals surface area (Å²) >= 11 is 0. The zero-order valence-electron chi connectivity index (χ0n) is 9.94. The molecule has 6 heteroatoms. The summed E-state index contributed by atoms with van der Waals surface area (Å²) in [5.74, 6) is 1.71. The van der Waals surface area contributed by atoms with Gasteiger partial charge in [-0.1, -0.05) is 5.16 Å². The fourth-order valence-corrected chi connectivity index (χ4v) is 1.47. The predicted octanol–water partition coefficient (Wildman–Crippen LogP) is 0.990. The molecule has 1 heterocycles. The number of esters is 1. The van der Waals surface area contributed by atoms with Crippen molar-refractivity contribution in [1.82, 2.24) is 15.5 Å². The minimum absolute atomic E-state index is 0.191. The summed E-state index contributed by atoms with van der Waals surface area (Å²) in [4.78, 5) is 15.3. The first-order valence-corrected chi connectivity index (χ1v) is 5.98. The largest absolute Gasteiger partial charge is 0.466 e. The Bertz CT molecular complexity index is 374. The van der Waals surface area contributed by atoms with Crippen molar-refractivity contribution in [3.8, 4) is 0 Å². The van der Waals surface area contributed by atoms with Crippen LogP contribution >= 0.6 is 0 Å². The third-order valence-corrected chi connectivity index (χ3v) is 2.51. The van der Waals surface area contributed by atoms with Crippen molar-refractivity contribution < 1.29 is 14.1 Å². The molecule has 0 amide bonds. The van der Waals surface area contributed by atoms with Crippen LogP contribution in [-0.2, 0) is 16.1 Å². The molecule has 1 N–H and O–H groups in total. The van der Waals surface area contributed by atoms with Crippen molar-refractivity contribution in [3.05, 3.63) is 11.7 Å². The Morgan fingerprint density at radius 1 is 1.59 bits per heavy atom. The van der Waals surface area contributed by atoms with Crippen LogP contribution in [0.2, 0.25) is 0 Å². The smallest absolute Gasteiger partial charge is 0.307 e. The van der Waals surface area contributed by atoms with Crippen LogP contribution in [0, 0.1) is 0 Å². The average molecular weight is 239 g/mol. The highest BCUT2D eigenvalue weighted by Crippen LogP contribution is 2.37. The number of carbonyl (C=O) groups excluding carboxylic acids is 1. The van der Waals surface area contributed by atoms with Crippen LogP contribution in [0.4, 0.5) is 0 Å². The van der Waals surface area contributed by atoms with E-state index in [1.165, 1.54) is 0 Å². The third-order valence-electron chi connectivity index (χ3n) is 2.51. The van der Waals surface area contributed by atoms with Gasteiger partial charge in [0.1, 0.15) is 0 Å². The van der Waals surface area contributed by atoms with E-state index in [-0.39, 0.29) is 5.97 Å². The molecular formula is C11H17N3O3. The number of nitrogens with zero attached hydrogens (tertiary/aromatic N) is 2. The molecule has 1 aliphatic rings. The summed E-state index contributed by atoms with van der Waals surface area (Å²) in [5.41, 5.74) is 0. The number of aromatic nitrogens is 2. The molecular weight excluding hydrogens is 222 g/mol. The highest BCUT2D eigenvalue weighted by Gasteiger charge is 2.28. The van der Waals surface area contributed by atoms with Crippen LogP contribution in [0.5, 0.6) is 0 Å². The second-order valence-electron chi connectivity index (χ2n) is 4.05. The summed E-state index contributed by atoms with van der Waals surface area (Å²) in [7, 11) is 0. The molecule has 0 aliphatic heterocycles. The SMILES string of the molecule is CCOC(=O)CCNCc1nc(C2CC2)no1. The predicted molar refractivity (Wildman–Crippen MR) is 59.2 cm³/mol. The monoisotopic (exact) mass is 239 g/mol. The van der Waals surface area contributed by atoms with Crippen LogP contribution in [-0.4, -0.2) is 29.3 Å². The van der Waals surface area contributed by atoms with Crippen molar-refractivity contribution in [2.75, 3.05) is 13.2 Å². The number of carbonyl (C=O) groups is 1. The highest BCUT2D eigenvalue weighted by molar-refractivity contribution is 5.69. The van der Waals surface area contributed by atoms with Gasteiger partial charge in [0.25, 0.3) is 0 Å². The number of hydrogen-bond acceptors (Lipinski definition) is 6. The van der Waals surface area contributed by atoms with Gasteiger partial charge >= 0.3 is 5.97 Å². The molecule has 2 rings (SSSR count). The van der Waals surface area contributed by atoms with Crippen molar-refractivity contribution in [2.45, 2.75) is 38.6 Å². The molecule has 0 bridgehead atoms.